The predicted octanol–water partition coefficient (Wildman–Crippen LogP) is 7.43. The van der Waals surface area contributed by atoms with Crippen molar-refractivity contribution in [1.82, 2.24) is 0 Å². The molecule has 0 fully saturated rings. The number of hydrogen-bond acceptors (Lipinski definition) is 0. The van der Waals surface area contributed by atoms with E-state index in [9.17, 15) is 26.3 Å². The maximum absolute atomic E-state index is 14.7. The summed E-state index contributed by atoms with van der Waals surface area (Å²) in [4.78, 5) is 0. The van der Waals surface area contributed by atoms with Crippen molar-refractivity contribution >= 4 is 0 Å². The molecule has 0 radical (unpaired) electrons. The fraction of sp³-hybridized carbons (Fsp3) is 0.0400. The first-order valence-corrected chi connectivity index (χ1v) is 9.39. The molecule has 5 rings (SSSR count). The Morgan fingerprint density at radius 3 is 1.58 bits per heavy atom. The number of fused-ring (bicyclic) bond motifs is 3. The number of halogens is 6. The third-order valence-corrected chi connectivity index (χ3v) is 5.58. The average Bonchev–Trinajstić information content (AvgIpc) is 3.13. The van der Waals surface area contributed by atoms with E-state index in [1.165, 1.54) is 0 Å². The van der Waals surface area contributed by atoms with Gasteiger partial charge < -0.3 is 0 Å². The van der Waals surface area contributed by atoms with Gasteiger partial charge in [-0.2, -0.15) is 0 Å². The maximum atomic E-state index is 14.7. The summed E-state index contributed by atoms with van der Waals surface area (Å²) < 4.78 is 84.3. The van der Waals surface area contributed by atoms with E-state index in [0.29, 0.717) is 6.42 Å². The van der Waals surface area contributed by atoms with Crippen LogP contribution in [0, 0.1) is 34.9 Å². The van der Waals surface area contributed by atoms with Crippen LogP contribution in [-0.4, -0.2) is 0 Å². The van der Waals surface area contributed by atoms with Crippen LogP contribution in [-0.2, 0) is 6.42 Å². The SMILES string of the molecule is Fc1ccc(-c2cc3c(cc2-c2ccc(F)c(F)c2F)-c2ccccc2C3)c(F)c1F. The van der Waals surface area contributed by atoms with E-state index in [1.807, 2.05) is 24.3 Å². The molecule has 0 atom stereocenters. The first-order valence-electron chi connectivity index (χ1n) is 9.39. The van der Waals surface area contributed by atoms with E-state index in [0.717, 1.165) is 46.5 Å². The second-order valence-electron chi connectivity index (χ2n) is 7.33. The van der Waals surface area contributed by atoms with Gasteiger partial charge in [0.2, 0.25) is 0 Å². The molecule has 6 heteroatoms. The maximum Gasteiger partial charge on any atom is 0.195 e. The highest BCUT2D eigenvalue weighted by atomic mass is 19.2. The van der Waals surface area contributed by atoms with Crippen molar-refractivity contribution in [2.24, 2.45) is 0 Å². The molecule has 0 unspecified atom stereocenters. The summed E-state index contributed by atoms with van der Waals surface area (Å²) in [6.45, 7) is 0. The van der Waals surface area contributed by atoms with Gasteiger partial charge in [0.25, 0.3) is 0 Å². The van der Waals surface area contributed by atoms with E-state index in [1.54, 1.807) is 12.1 Å². The van der Waals surface area contributed by atoms with Gasteiger partial charge in [-0.15, -0.1) is 0 Å². The van der Waals surface area contributed by atoms with Gasteiger partial charge in [-0.1, -0.05) is 24.3 Å². The minimum absolute atomic E-state index is 0.0387. The standard InChI is InChI=1S/C25H12F6/c26-20-7-5-15(22(28)24(20)30)18-10-13-9-12-3-1-2-4-14(12)17(13)11-19(18)16-6-8-21(27)25(31)23(16)29/h1-8,10-11H,9H2. The Balaban J connectivity index is 1.85. The van der Waals surface area contributed by atoms with Crippen molar-refractivity contribution in [2.75, 3.05) is 0 Å². The molecule has 0 heterocycles. The van der Waals surface area contributed by atoms with E-state index in [-0.39, 0.29) is 22.3 Å². The fourth-order valence-electron chi connectivity index (χ4n) is 4.10. The lowest BCUT2D eigenvalue weighted by molar-refractivity contribution is 0.448. The van der Waals surface area contributed by atoms with Crippen LogP contribution >= 0.6 is 0 Å². The lowest BCUT2D eigenvalue weighted by atomic mass is 9.89. The van der Waals surface area contributed by atoms with E-state index in [2.05, 4.69) is 0 Å². The second kappa shape index (κ2) is 7.01. The van der Waals surface area contributed by atoms with Crippen LogP contribution in [0.1, 0.15) is 11.1 Å². The highest BCUT2D eigenvalue weighted by Crippen LogP contribution is 2.45. The summed E-state index contributed by atoms with van der Waals surface area (Å²) in [5, 5.41) is 0. The summed E-state index contributed by atoms with van der Waals surface area (Å²) in [6, 6.07) is 14.2. The molecule has 1 aliphatic rings. The van der Waals surface area contributed by atoms with Crippen LogP contribution in [0.5, 0.6) is 0 Å². The second-order valence-corrected chi connectivity index (χ2v) is 7.33. The van der Waals surface area contributed by atoms with Gasteiger partial charge >= 0.3 is 0 Å². The van der Waals surface area contributed by atoms with Crippen LogP contribution in [0.4, 0.5) is 26.3 Å². The van der Waals surface area contributed by atoms with Crippen molar-refractivity contribution in [3.05, 3.63) is 107 Å². The first-order chi connectivity index (χ1) is 14.9. The Labute approximate surface area is 173 Å². The summed E-state index contributed by atoms with van der Waals surface area (Å²) in [7, 11) is 0. The Hall–Kier alpha value is -3.54. The Bertz CT molecular complexity index is 1370. The molecule has 0 aromatic heterocycles. The monoisotopic (exact) mass is 426 g/mol. The van der Waals surface area contributed by atoms with Crippen molar-refractivity contribution in [2.45, 2.75) is 6.42 Å². The molecule has 4 aromatic carbocycles. The van der Waals surface area contributed by atoms with E-state index >= 15 is 0 Å². The quantitative estimate of drug-likeness (QED) is 0.203. The zero-order chi connectivity index (χ0) is 21.9. The minimum Gasteiger partial charge on any atom is -0.204 e. The molecular formula is C25H12F6. The van der Waals surface area contributed by atoms with Crippen LogP contribution in [0.25, 0.3) is 33.4 Å². The summed E-state index contributed by atoms with van der Waals surface area (Å²) >= 11 is 0. The van der Waals surface area contributed by atoms with Gasteiger partial charge in [0, 0.05) is 11.1 Å². The molecule has 31 heavy (non-hydrogen) atoms. The van der Waals surface area contributed by atoms with Crippen molar-refractivity contribution < 1.29 is 26.3 Å². The van der Waals surface area contributed by atoms with Gasteiger partial charge in [-0.25, -0.2) is 26.3 Å². The molecule has 0 saturated heterocycles. The molecule has 0 amide bonds. The van der Waals surface area contributed by atoms with Crippen molar-refractivity contribution in [1.29, 1.82) is 0 Å². The molecule has 0 saturated carbocycles. The van der Waals surface area contributed by atoms with Crippen LogP contribution < -0.4 is 0 Å². The fourth-order valence-corrected chi connectivity index (χ4v) is 4.10. The van der Waals surface area contributed by atoms with E-state index in [4.69, 9.17) is 0 Å². The molecule has 0 N–H and O–H groups in total. The van der Waals surface area contributed by atoms with Gasteiger partial charge in [-0.05, 0) is 76.2 Å². The molecule has 1 aliphatic carbocycles. The smallest absolute Gasteiger partial charge is 0.195 e. The molecule has 0 bridgehead atoms. The lowest BCUT2D eigenvalue weighted by Crippen LogP contribution is -1.99. The highest BCUT2D eigenvalue weighted by Gasteiger charge is 2.26. The number of benzene rings is 4. The Morgan fingerprint density at radius 2 is 0.968 bits per heavy atom. The van der Waals surface area contributed by atoms with Crippen LogP contribution in [0.15, 0.2) is 60.7 Å². The third kappa shape index (κ3) is 2.93. The summed E-state index contributed by atoms with van der Waals surface area (Å²) in [5.41, 5.74) is 2.82. The zero-order valence-corrected chi connectivity index (χ0v) is 15.7. The first kappa shape index (κ1) is 19.4. The van der Waals surface area contributed by atoms with E-state index < -0.39 is 34.9 Å². The molecule has 0 spiro atoms. The minimum atomic E-state index is -1.67. The molecule has 4 aromatic rings. The largest absolute Gasteiger partial charge is 0.204 e. The molecular weight excluding hydrogens is 414 g/mol. The normalized spacial score (nSPS) is 12.1. The van der Waals surface area contributed by atoms with Crippen LogP contribution in [0.2, 0.25) is 0 Å². The topological polar surface area (TPSA) is 0 Å². The predicted molar refractivity (Wildman–Crippen MR) is 105 cm³/mol. The number of rotatable bonds is 2. The summed E-state index contributed by atoms with van der Waals surface area (Å²) in [5.74, 6) is -8.97. The molecule has 154 valence electrons. The van der Waals surface area contributed by atoms with Gasteiger partial charge in [0.15, 0.2) is 34.9 Å². The van der Waals surface area contributed by atoms with Crippen LogP contribution in [0.3, 0.4) is 0 Å². The lowest BCUT2D eigenvalue weighted by Gasteiger charge is -2.16. The van der Waals surface area contributed by atoms with Gasteiger partial charge in [0.1, 0.15) is 0 Å². The Kier molecular flexibility index (Phi) is 4.39. The zero-order valence-electron chi connectivity index (χ0n) is 15.7. The van der Waals surface area contributed by atoms with Crippen molar-refractivity contribution in [3.63, 3.8) is 0 Å². The molecule has 0 nitrogen and oxygen atoms in total. The average molecular weight is 426 g/mol. The van der Waals surface area contributed by atoms with Crippen molar-refractivity contribution in [3.8, 4) is 33.4 Å². The third-order valence-electron chi connectivity index (χ3n) is 5.58. The number of hydrogen-bond donors (Lipinski definition) is 0. The highest BCUT2D eigenvalue weighted by molar-refractivity contribution is 5.91. The molecule has 0 aliphatic heterocycles. The van der Waals surface area contributed by atoms with Gasteiger partial charge in [0.05, 0.1) is 0 Å². The summed E-state index contributed by atoms with van der Waals surface area (Å²) in [6.07, 6.45) is 0.504. The Morgan fingerprint density at radius 1 is 0.419 bits per heavy atom. The van der Waals surface area contributed by atoms with Gasteiger partial charge in [-0.3, -0.25) is 0 Å².